The fourth-order valence-corrected chi connectivity index (χ4v) is 1.81. The van der Waals surface area contributed by atoms with Gasteiger partial charge < -0.3 is 14.8 Å². The van der Waals surface area contributed by atoms with Gasteiger partial charge in [-0.3, -0.25) is 0 Å². The second kappa shape index (κ2) is 7.42. The quantitative estimate of drug-likeness (QED) is 0.844. The lowest BCUT2D eigenvalue weighted by Crippen LogP contribution is -2.07. The van der Waals surface area contributed by atoms with Gasteiger partial charge in [0.25, 0.3) is 0 Å². The van der Waals surface area contributed by atoms with Gasteiger partial charge in [0.1, 0.15) is 5.75 Å². The number of benzene rings is 1. The maximum Gasteiger partial charge on any atom is 0.330 e. The Hall–Kier alpha value is -2.37. The molecule has 0 aliphatic carbocycles. The van der Waals surface area contributed by atoms with Crippen LogP contribution < -0.4 is 14.8 Å². The Balaban J connectivity index is 2.29. The van der Waals surface area contributed by atoms with Crippen molar-refractivity contribution in [3.8, 4) is 17.8 Å². The monoisotopic (exact) mass is 288 g/mol. The maximum atomic E-state index is 5.79. The number of ether oxygens (including phenoxy) is 2. The van der Waals surface area contributed by atoms with E-state index in [1.807, 2.05) is 38.1 Å². The topological polar surface area (TPSA) is 69.2 Å². The van der Waals surface area contributed by atoms with E-state index in [0.717, 1.165) is 17.7 Å². The van der Waals surface area contributed by atoms with Gasteiger partial charge in [-0.2, -0.15) is 9.97 Å². The molecule has 0 aliphatic heterocycles. The first-order valence-corrected chi connectivity index (χ1v) is 7.15. The van der Waals surface area contributed by atoms with Gasteiger partial charge in [0.05, 0.1) is 6.61 Å². The third-order valence-corrected chi connectivity index (χ3v) is 2.76. The summed E-state index contributed by atoms with van der Waals surface area (Å²) < 4.78 is 11.1. The lowest BCUT2D eigenvalue weighted by Gasteiger charge is -2.10. The number of aromatic nitrogens is 3. The van der Waals surface area contributed by atoms with Crippen LogP contribution in [0.25, 0.3) is 0 Å². The van der Waals surface area contributed by atoms with Gasteiger partial charge in [0.15, 0.2) is 0 Å². The highest BCUT2D eigenvalue weighted by Gasteiger charge is 2.10. The standard InChI is InChI=1S/C15H20N4O2/c1-4-11-9-7-8-10-12(11)21-15-18-13(16-5-2)17-14(19-15)20-6-3/h7-10H,4-6H2,1-3H3,(H,16,17,18,19). The Morgan fingerprint density at radius 1 is 1.00 bits per heavy atom. The largest absolute Gasteiger partial charge is 0.464 e. The molecule has 0 atom stereocenters. The summed E-state index contributed by atoms with van der Waals surface area (Å²) in [7, 11) is 0. The van der Waals surface area contributed by atoms with Crippen molar-refractivity contribution in [3.05, 3.63) is 29.8 Å². The Morgan fingerprint density at radius 3 is 2.48 bits per heavy atom. The third kappa shape index (κ3) is 4.05. The summed E-state index contributed by atoms with van der Waals surface area (Å²) in [5.74, 6) is 1.19. The summed E-state index contributed by atoms with van der Waals surface area (Å²) in [6.45, 7) is 7.12. The van der Waals surface area contributed by atoms with E-state index in [0.29, 0.717) is 19.1 Å². The van der Waals surface area contributed by atoms with Crippen LogP contribution in [-0.4, -0.2) is 28.1 Å². The van der Waals surface area contributed by atoms with Crippen LogP contribution >= 0.6 is 0 Å². The third-order valence-electron chi connectivity index (χ3n) is 2.76. The van der Waals surface area contributed by atoms with E-state index in [1.165, 1.54) is 0 Å². The number of nitrogens with zero attached hydrogens (tertiary/aromatic N) is 3. The highest BCUT2D eigenvalue weighted by molar-refractivity contribution is 5.36. The van der Waals surface area contributed by atoms with E-state index >= 15 is 0 Å². The molecule has 21 heavy (non-hydrogen) atoms. The van der Waals surface area contributed by atoms with Crippen molar-refractivity contribution in [1.29, 1.82) is 0 Å². The Labute approximate surface area is 124 Å². The zero-order valence-electron chi connectivity index (χ0n) is 12.6. The van der Waals surface area contributed by atoms with E-state index in [4.69, 9.17) is 9.47 Å². The van der Waals surface area contributed by atoms with Crippen LogP contribution in [0.2, 0.25) is 0 Å². The summed E-state index contributed by atoms with van der Waals surface area (Å²) in [5, 5.41) is 3.04. The zero-order chi connectivity index (χ0) is 15.1. The average Bonchev–Trinajstić information content (AvgIpc) is 2.48. The summed E-state index contributed by atoms with van der Waals surface area (Å²) >= 11 is 0. The van der Waals surface area contributed by atoms with Crippen molar-refractivity contribution in [3.63, 3.8) is 0 Å². The first-order valence-electron chi connectivity index (χ1n) is 7.15. The summed E-state index contributed by atoms with van der Waals surface area (Å²) in [5.41, 5.74) is 1.10. The predicted octanol–water partition coefficient (Wildman–Crippen LogP) is 3.06. The van der Waals surface area contributed by atoms with Crippen LogP contribution in [0.15, 0.2) is 24.3 Å². The van der Waals surface area contributed by atoms with Gasteiger partial charge in [0, 0.05) is 6.54 Å². The normalized spacial score (nSPS) is 10.2. The molecule has 0 aliphatic rings. The molecular formula is C15H20N4O2. The minimum Gasteiger partial charge on any atom is -0.464 e. The molecule has 1 heterocycles. The van der Waals surface area contributed by atoms with Gasteiger partial charge >= 0.3 is 12.0 Å². The molecule has 0 radical (unpaired) electrons. The predicted molar refractivity (Wildman–Crippen MR) is 81.1 cm³/mol. The number of hydrogen-bond acceptors (Lipinski definition) is 6. The highest BCUT2D eigenvalue weighted by atomic mass is 16.5. The average molecular weight is 288 g/mol. The van der Waals surface area contributed by atoms with E-state index in [1.54, 1.807) is 0 Å². The van der Waals surface area contributed by atoms with Crippen molar-refractivity contribution in [2.45, 2.75) is 27.2 Å². The number of rotatable bonds is 7. The smallest absolute Gasteiger partial charge is 0.330 e. The second-order valence-corrected chi connectivity index (χ2v) is 4.25. The number of anilines is 1. The molecule has 0 saturated carbocycles. The van der Waals surface area contributed by atoms with Crippen molar-refractivity contribution >= 4 is 5.95 Å². The second-order valence-electron chi connectivity index (χ2n) is 4.25. The van der Waals surface area contributed by atoms with E-state index < -0.39 is 0 Å². The van der Waals surface area contributed by atoms with E-state index in [9.17, 15) is 0 Å². The number of para-hydroxylation sites is 1. The van der Waals surface area contributed by atoms with Crippen LogP contribution in [-0.2, 0) is 6.42 Å². The highest BCUT2D eigenvalue weighted by Crippen LogP contribution is 2.24. The van der Waals surface area contributed by atoms with Gasteiger partial charge in [-0.05, 0) is 31.9 Å². The maximum absolute atomic E-state index is 5.79. The molecule has 0 amide bonds. The van der Waals surface area contributed by atoms with Crippen LogP contribution in [0.3, 0.4) is 0 Å². The molecule has 2 aromatic rings. The van der Waals surface area contributed by atoms with Gasteiger partial charge in [0.2, 0.25) is 5.95 Å². The van der Waals surface area contributed by atoms with Crippen LogP contribution in [0, 0.1) is 0 Å². The fourth-order valence-electron chi connectivity index (χ4n) is 1.81. The minimum absolute atomic E-state index is 0.227. The van der Waals surface area contributed by atoms with Crippen molar-refractivity contribution < 1.29 is 9.47 Å². The fraction of sp³-hybridized carbons (Fsp3) is 0.400. The lowest BCUT2D eigenvalue weighted by molar-refractivity contribution is 0.303. The molecule has 0 spiro atoms. The molecular weight excluding hydrogens is 268 g/mol. The van der Waals surface area contributed by atoms with Crippen LogP contribution in [0.1, 0.15) is 26.3 Å². The lowest BCUT2D eigenvalue weighted by atomic mass is 10.1. The Kier molecular flexibility index (Phi) is 5.31. The minimum atomic E-state index is 0.227. The van der Waals surface area contributed by atoms with Crippen molar-refractivity contribution in [2.24, 2.45) is 0 Å². The summed E-state index contributed by atoms with van der Waals surface area (Å²) in [4.78, 5) is 12.6. The molecule has 1 aromatic heterocycles. The molecule has 0 saturated heterocycles. The van der Waals surface area contributed by atoms with E-state index in [-0.39, 0.29) is 12.0 Å². The molecule has 1 aromatic carbocycles. The van der Waals surface area contributed by atoms with Gasteiger partial charge in [-0.1, -0.05) is 25.1 Å². The van der Waals surface area contributed by atoms with Crippen molar-refractivity contribution in [2.75, 3.05) is 18.5 Å². The van der Waals surface area contributed by atoms with Crippen LogP contribution in [0.5, 0.6) is 17.8 Å². The molecule has 6 heteroatoms. The van der Waals surface area contributed by atoms with E-state index in [2.05, 4.69) is 27.2 Å². The van der Waals surface area contributed by atoms with Crippen LogP contribution in [0.4, 0.5) is 5.95 Å². The molecule has 112 valence electrons. The molecule has 0 bridgehead atoms. The molecule has 0 fully saturated rings. The summed E-state index contributed by atoms with van der Waals surface area (Å²) in [6.07, 6.45) is 0.875. The number of nitrogens with one attached hydrogen (secondary N) is 1. The number of hydrogen-bond donors (Lipinski definition) is 1. The zero-order valence-corrected chi connectivity index (χ0v) is 12.6. The molecule has 2 rings (SSSR count). The first-order chi connectivity index (χ1) is 10.3. The Morgan fingerprint density at radius 2 is 1.76 bits per heavy atom. The molecule has 6 nitrogen and oxygen atoms in total. The Bertz CT molecular complexity index is 565. The van der Waals surface area contributed by atoms with Crippen molar-refractivity contribution in [1.82, 2.24) is 15.0 Å². The number of aryl methyl sites for hydroxylation is 1. The van der Waals surface area contributed by atoms with Gasteiger partial charge in [-0.25, -0.2) is 0 Å². The first kappa shape index (κ1) is 15.0. The SMILES string of the molecule is CCNc1nc(OCC)nc(Oc2ccccc2CC)n1. The van der Waals surface area contributed by atoms with Gasteiger partial charge in [-0.15, -0.1) is 4.98 Å². The molecule has 1 N–H and O–H groups in total. The molecule has 0 unspecified atom stereocenters. The summed E-state index contributed by atoms with van der Waals surface area (Å²) in [6, 6.07) is 8.30.